The molecule has 16 heavy (non-hydrogen) atoms. The summed E-state index contributed by atoms with van der Waals surface area (Å²) in [6.07, 6.45) is 4.12. The Labute approximate surface area is 99.5 Å². The lowest BCUT2D eigenvalue weighted by atomic mass is 10.0. The van der Waals surface area contributed by atoms with Crippen molar-refractivity contribution in [2.45, 2.75) is 45.2 Å². The SMILES string of the molecule is CCOCCN1CC(CC)NCC1C1CC1. The minimum absolute atomic E-state index is 0.691. The topological polar surface area (TPSA) is 24.5 Å². The van der Waals surface area contributed by atoms with E-state index in [1.807, 2.05) is 0 Å². The molecule has 94 valence electrons. The molecule has 1 heterocycles. The van der Waals surface area contributed by atoms with Gasteiger partial charge in [0.25, 0.3) is 0 Å². The van der Waals surface area contributed by atoms with Crippen molar-refractivity contribution in [1.29, 1.82) is 0 Å². The van der Waals surface area contributed by atoms with E-state index in [4.69, 9.17) is 4.74 Å². The zero-order chi connectivity index (χ0) is 11.4. The van der Waals surface area contributed by atoms with Crippen LogP contribution in [0.25, 0.3) is 0 Å². The monoisotopic (exact) mass is 226 g/mol. The van der Waals surface area contributed by atoms with Crippen LogP contribution in [0.5, 0.6) is 0 Å². The Morgan fingerprint density at radius 2 is 2.12 bits per heavy atom. The molecule has 2 fully saturated rings. The van der Waals surface area contributed by atoms with Gasteiger partial charge in [-0.15, -0.1) is 0 Å². The summed E-state index contributed by atoms with van der Waals surface area (Å²) in [7, 11) is 0. The number of piperazine rings is 1. The molecule has 2 aliphatic rings. The van der Waals surface area contributed by atoms with Crippen molar-refractivity contribution in [3.8, 4) is 0 Å². The molecule has 1 saturated heterocycles. The standard InChI is InChI=1S/C13H26N2O/c1-3-12-10-15(7-8-16-4-2)13(9-14-12)11-5-6-11/h11-14H,3-10H2,1-2H3. The Hall–Kier alpha value is -0.120. The predicted octanol–water partition coefficient (Wildman–Crippen LogP) is 1.49. The third-order valence-corrected chi connectivity index (χ3v) is 3.93. The molecule has 0 bridgehead atoms. The quantitative estimate of drug-likeness (QED) is 0.694. The molecule has 1 saturated carbocycles. The van der Waals surface area contributed by atoms with Crippen molar-refractivity contribution in [3.05, 3.63) is 0 Å². The fourth-order valence-corrected chi connectivity index (χ4v) is 2.70. The molecular formula is C13H26N2O. The lowest BCUT2D eigenvalue weighted by Crippen LogP contribution is -2.57. The number of hydrogen-bond acceptors (Lipinski definition) is 3. The largest absolute Gasteiger partial charge is 0.380 e. The molecule has 0 aromatic rings. The molecule has 2 rings (SSSR count). The van der Waals surface area contributed by atoms with Crippen LogP contribution >= 0.6 is 0 Å². The van der Waals surface area contributed by atoms with Crippen LogP contribution in [0.4, 0.5) is 0 Å². The number of nitrogens with one attached hydrogen (secondary N) is 1. The van der Waals surface area contributed by atoms with E-state index in [0.717, 1.165) is 31.7 Å². The van der Waals surface area contributed by atoms with Crippen molar-refractivity contribution in [1.82, 2.24) is 10.2 Å². The summed E-state index contributed by atoms with van der Waals surface area (Å²) in [5.74, 6) is 0.965. The van der Waals surface area contributed by atoms with Gasteiger partial charge in [0.1, 0.15) is 0 Å². The van der Waals surface area contributed by atoms with Gasteiger partial charge in [-0.3, -0.25) is 4.90 Å². The van der Waals surface area contributed by atoms with Crippen LogP contribution < -0.4 is 5.32 Å². The van der Waals surface area contributed by atoms with Gasteiger partial charge in [-0.1, -0.05) is 6.92 Å². The Kier molecular flexibility index (Phi) is 4.62. The molecule has 1 aliphatic carbocycles. The van der Waals surface area contributed by atoms with E-state index in [1.165, 1.54) is 32.4 Å². The number of ether oxygens (including phenoxy) is 1. The molecule has 1 N–H and O–H groups in total. The summed E-state index contributed by atoms with van der Waals surface area (Å²) in [5.41, 5.74) is 0. The highest BCUT2D eigenvalue weighted by molar-refractivity contribution is 4.94. The number of hydrogen-bond donors (Lipinski definition) is 1. The van der Waals surface area contributed by atoms with Crippen LogP contribution in [0, 0.1) is 5.92 Å². The summed E-state index contributed by atoms with van der Waals surface area (Å²) in [6.45, 7) is 9.61. The van der Waals surface area contributed by atoms with Crippen LogP contribution in [0.3, 0.4) is 0 Å². The Morgan fingerprint density at radius 1 is 1.31 bits per heavy atom. The van der Waals surface area contributed by atoms with E-state index >= 15 is 0 Å². The van der Waals surface area contributed by atoms with Crippen LogP contribution in [0.15, 0.2) is 0 Å². The van der Waals surface area contributed by atoms with E-state index < -0.39 is 0 Å². The van der Waals surface area contributed by atoms with Gasteiger partial charge >= 0.3 is 0 Å². The van der Waals surface area contributed by atoms with E-state index in [9.17, 15) is 0 Å². The Morgan fingerprint density at radius 3 is 2.75 bits per heavy atom. The van der Waals surface area contributed by atoms with Gasteiger partial charge in [0, 0.05) is 38.3 Å². The second-order valence-corrected chi connectivity index (χ2v) is 5.11. The molecular weight excluding hydrogens is 200 g/mol. The minimum atomic E-state index is 0.691. The van der Waals surface area contributed by atoms with Gasteiger partial charge in [-0.25, -0.2) is 0 Å². The molecule has 2 unspecified atom stereocenters. The molecule has 0 aromatic heterocycles. The maximum absolute atomic E-state index is 5.49. The fraction of sp³-hybridized carbons (Fsp3) is 1.00. The highest BCUT2D eigenvalue weighted by Gasteiger charge is 2.37. The van der Waals surface area contributed by atoms with Gasteiger partial charge in [-0.2, -0.15) is 0 Å². The lowest BCUT2D eigenvalue weighted by molar-refractivity contribution is 0.0622. The maximum Gasteiger partial charge on any atom is 0.0593 e. The molecule has 0 amide bonds. The normalized spacial score (nSPS) is 31.9. The third-order valence-electron chi connectivity index (χ3n) is 3.93. The lowest BCUT2D eigenvalue weighted by Gasteiger charge is -2.40. The van der Waals surface area contributed by atoms with Crippen LogP contribution in [-0.2, 0) is 4.74 Å². The fourth-order valence-electron chi connectivity index (χ4n) is 2.70. The molecule has 0 aromatic carbocycles. The van der Waals surface area contributed by atoms with Gasteiger partial charge in [0.15, 0.2) is 0 Å². The number of rotatable bonds is 6. The third kappa shape index (κ3) is 3.19. The Balaban J connectivity index is 1.81. The van der Waals surface area contributed by atoms with Gasteiger partial charge in [-0.05, 0) is 32.1 Å². The van der Waals surface area contributed by atoms with Crippen LogP contribution in [-0.4, -0.2) is 49.8 Å². The summed E-state index contributed by atoms with van der Waals surface area (Å²) >= 11 is 0. The van der Waals surface area contributed by atoms with E-state index in [1.54, 1.807) is 0 Å². The molecule has 3 nitrogen and oxygen atoms in total. The van der Waals surface area contributed by atoms with Gasteiger partial charge in [0.05, 0.1) is 6.61 Å². The first-order valence-corrected chi connectivity index (χ1v) is 6.90. The zero-order valence-corrected chi connectivity index (χ0v) is 10.7. The first kappa shape index (κ1) is 12.3. The molecule has 0 radical (unpaired) electrons. The second kappa shape index (κ2) is 5.99. The average Bonchev–Trinajstić information content (AvgIpc) is 3.13. The predicted molar refractivity (Wildman–Crippen MR) is 66.7 cm³/mol. The summed E-state index contributed by atoms with van der Waals surface area (Å²) in [4.78, 5) is 2.66. The van der Waals surface area contributed by atoms with E-state index in [0.29, 0.717) is 6.04 Å². The number of nitrogens with zero attached hydrogens (tertiary/aromatic N) is 1. The summed E-state index contributed by atoms with van der Waals surface area (Å²) < 4.78 is 5.49. The van der Waals surface area contributed by atoms with Gasteiger partial charge < -0.3 is 10.1 Å². The summed E-state index contributed by atoms with van der Waals surface area (Å²) in [6, 6.07) is 1.47. The average molecular weight is 226 g/mol. The van der Waals surface area contributed by atoms with Crippen molar-refractivity contribution in [3.63, 3.8) is 0 Å². The van der Waals surface area contributed by atoms with E-state index in [2.05, 4.69) is 24.1 Å². The first-order chi connectivity index (χ1) is 7.85. The van der Waals surface area contributed by atoms with Crippen molar-refractivity contribution in [2.24, 2.45) is 5.92 Å². The highest BCUT2D eigenvalue weighted by atomic mass is 16.5. The van der Waals surface area contributed by atoms with Crippen LogP contribution in [0.1, 0.15) is 33.1 Å². The minimum Gasteiger partial charge on any atom is -0.380 e. The molecule has 0 spiro atoms. The maximum atomic E-state index is 5.49. The van der Waals surface area contributed by atoms with Gasteiger partial charge in [0.2, 0.25) is 0 Å². The second-order valence-electron chi connectivity index (χ2n) is 5.11. The molecule has 2 atom stereocenters. The molecule has 1 aliphatic heterocycles. The molecule has 3 heteroatoms. The highest BCUT2D eigenvalue weighted by Crippen LogP contribution is 2.36. The Bertz CT molecular complexity index is 206. The smallest absolute Gasteiger partial charge is 0.0593 e. The van der Waals surface area contributed by atoms with Crippen molar-refractivity contribution < 1.29 is 4.74 Å². The summed E-state index contributed by atoms with van der Waals surface area (Å²) in [5, 5.41) is 3.68. The van der Waals surface area contributed by atoms with Crippen LogP contribution in [0.2, 0.25) is 0 Å². The van der Waals surface area contributed by atoms with Crippen molar-refractivity contribution in [2.75, 3.05) is 32.8 Å². The van der Waals surface area contributed by atoms with E-state index in [-0.39, 0.29) is 0 Å². The first-order valence-electron chi connectivity index (χ1n) is 6.90. The zero-order valence-electron chi connectivity index (χ0n) is 10.7. The van der Waals surface area contributed by atoms with Crippen molar-refractivity contribution >= 4 is 0 Å².